The van der Waals surface area contributed by atoms with E-state index in [0.29, 0.717) is 29.4 Å². The lowest BCUT2D eigenvalue weighted by Gasteiger charge is -2.12. The standard InChI is InChI=1S/C19H21N3O5/c1-12(25-2)18(23)21-14-4-3-5-15(9-14)22-19(24)20-10-13-6-7-16-17(8-13)27-11-26-16/h3-9,12H,10-11H2,1-2H3,(H,21,23)(H2,20,22,24). The molecule has 8 nitrogen and oxygen atoms in total. The number of amides is 3. The van der Waals surface area contributed by atoms with Gasteiger partial charge >= 0.3 is 6.03 Å². The number of nitrogens with one attached hydrogen (secondary N) is 3. The quantitative estimate of drug-likeness (QED) is 0.725. The Morgan fingerprint density at radius 1 is 1.07 bits per heavy atom. The second-order valence-electron chi connectivity index (χ2n) is 5.94. The van der Waals surface area contributed by atoms with Crippen LogP contribution in [-0.4, -0.2) is 31.9 Å². The summed E-state index contributed by atoms with van der Waals surface area (Å²) in [5.74, 6) is 1.11. The van der Waals surface area contributed by atoms with E-state index < -0.39 is 6.10 Å². The van der Waals surface area contributed by atoms with E-state index in [0.717, 1.165) is 5.56 Å². The fourth-order valence-corrected chi connectivity index (χ4v) is 2.43. The van der Waals surface area contributed by atoms with Gasteiger partial charge in [0.15, 0.2) is 11.5 Å². The number of rotatable bonds is 6. The third-order valence-electron chi connectivity index (χ3n) is 4.00. The molecular formula is C19H21N3O5. The first-order chi connectivity index (χ1) is 13.0. The Kier molecular flexibility index (Phi) is 5.77. The van der Waals surface area contributed by atoms with Gasteiger partial charge < -0.3 is 30.2 Å². The van der Waals surface area contributed by atoms with E-state index in [2.05, 4.69) is 16.0 Å². The van der Waals surface area contributed by atoms with Gasteiger partial charge in [-0.15, -0.1) is 0 Å². The summed E-state index contributed by atoms with van der Waals surface area (Å²) >= 11 is 0. The maximum atomic E-state index is 12.1. The van der Waals surface area contributed by atoms with Crippen LogP contribution in [0.25, 0.3) is 0 Å². The fourth-order valence-electron chi connectivity index (χ4n) is 2.43. The Morgan fingerprint density at radius 2 is 1.81 bits per heavy atom. The SMILES string of the molecule is COC(C)C(=O)Nc1cccc(NC(=O)NCc2ccc3c(c2)OCO3)c1. The number of benzene rings is 2. The molecule has 0 saturated heterocycles. The summed E-state index contributed by atoms with van der Waals surface area (Å²) in [7, 11) is 1.46. The van der Waals surface area contributed by atoms with Gasteiger partial charge in [0.2, 0.25) is 6.79 Å². The number of anilines is 2. The number of hydrogen-bond acceptors (Lipinski definition) is 5. The molecule has 3 N–H and O–H groups in total. The average Bonchev–Trinajstić information content (AvgIpc) is 3.13. The molecule has 0 bridgehead atoms. The monoisotopic (exact) mass is 371 g/mol. The van der Waals surface area contributed by atoms with Crippen LogP contribution in [0.3, 0.4) is 0 Å². The summed E-state index contributed by atoms with van der Waals surface area (Å²) in [6, 6.07) is 12.0. The maximum absolute atomic E-state index is 12.1. The molecule has 1 atom stereocenters. The topological polar surface area (TPSA) is 97.9 Å². The number of carbonyl (C=O) groups is 2. The van der Waals surface area contributed by atoms with Crippen molar-refractivity contribution in [2.75, 3.05) is 24.5 Å². The minimum absolute atomic E-state index is 0.211. The lowest BCUT2D eigenvalue weighted by Crippen LogP contribution is -2.28. The third kappa shape index (κ3) is 4.89. The van der Waals surface area contributed by atoms with Crippen LogP contribution in [0, 0.1) is 0 Å². The van der Waals surface area contributed by atoms with Crippen LogP contribution in [0.4, 0.5) is 16.2 Å². The molecule has 1 aliphatic rings. The zero-order valence-corrected chi connectivity index (χ0v) is 15.1. The first-order valence-electron chi connectivity index (χ1n) is 8.42. The number of fused-ring (bicyclic) bond motifs is 1. The van der Waals surface area contributed by atoms with Crippen LogP contribution in [0.5, 0.6) is 11.5 Å². The molecule has 0 fully saturated rings. The average molecular weight is 371 g/mol. The number of methoxy groups -OCH3 is 1. The van der Waals surface area contributed by atoms with Crippen LogP contribution in [0.15, 0.2) is 42.5 Å². The summed E-state index contributed by atoms with van der Waals surface area (Å²) in [5.41, 5.74) is 2.02. The molecule has 27 heavy (non-hydrogen) atoms. The molecule has 0 spiro atoms. The van der Waals surface area contributed by atoms with Crippen LogP contribution in [-0.2, 0) is 16.1 Å². The van der Waals surface area contributed by atoms with Gasteiger partial charge in [-0.3, -0.25) is 4.79 Å². The highest BCUT2D eigenvalue weighted by molar-refractivity contribution is 5.95. The second-order valence-corrected chi connectivity index (χ2v) is 5.94. The Bertz CT molecular complexity index is 840. The van der Waals surface area contributed by atoms with Crippen molar-refractivity contribution >= 4 is 23.3 Å². The normalized spacial score (nSPS) is 13.0. The summed E-state index contributed by atoms with van der Waals surface area (Å²) in [5, 5.41) is 8.23. The Morgan fingerprint density at radius 3 is 2.59 bits per heavy atom. The van der Waals surface area contributed by atoms with E-state index in [4.69, 9.17) is 14.2 Å². The number of carbonyl (C=O) groups excluding carboxylic acids is 2. The Balaban J connectivity index is 1.53. The largest absolute Gasteiger partial charge is 0.454 e. The molecule has 8 heteroatoms. The van der Waals surface area contributed by atoms with Gasteiger partial charge in [-0.25, -0.2) is 4.79 Å². The lowest BCUT2D eigenvalue weighted by molar-refractivity contribution is -0.124. The number of hydrogen-bond donors (Lipinski definition) is 3. The Hall–Kier alpha value is -3.26. The van der Waals surface area contributed by atoms with Crippen LogP contribution in [0.2, 0.25) is 0 Å². The van der Waals surface area contributed by atoms with Crippen LogP contribution in [0.1, 0.15) is 12.5 Å². The zero-order chi connectivity index (χ0) is 19.2. The first kappa shape index (κ1) is 18.5. The van der Waals surface area contributed by atoms with Crippen molar-refractivity contribution in [2.45, 2.75) is 19.6 Å². The molecule has 0 radical (unpaired) electrons. The molecular weight excluding hydrogens is 350 g/mol. The summed E-state index contributed by atoms with van der Waals surface area (Å²) in [4.78, 5) is 24.0. The minimum atomic E-state index is -0.563. The molecule has 3 rings (SSSR count). The van der Waals surface area contributed by atoms with Gasteiger partial charge in [0.05, 0.1) is 0 Å². The Labute approximate surface area is 156 Å². The van der Waals surface area contributed by atoms with Crippen molar-refractivity contribution in [2.24, 2.45) is 0 Å². The van der Waals surface area contributed by atoms with Gasteiger partial charge in [-0.1, -0.05) is 12.1 Å². The fraction of sp³-hybridized carbons (Fsp3) is 0.263. The van der Waals surface area contributed by atoms with Gasteiger partial charge in [-0.2, -0.15) is 0 Å². The van der Waals surface area contributed by atoms with Crippen LogP contribution < -0.4 is 25.4 Å². The van der Waals surface area contributed by atoms with E-state index in [-0.39, 0.29) is 18.7 Å². The van der Waals surface area contributed by atoms with E-state index in [1.54, 1.807) is 31.2 Å². The third-order valence-corrected chi connectivity index (χ3v) is 4.00. The van der Waals surface area contributed by atoms with Crippen molar-refractivity contribution in [1.82, 2.24) is 5.32 Å². The summed E-state index contributed by atoms with van der Waals surface area (Å²) in [6.45, 7) is 2.20. The molecule has 1 unspecified atom stereocenters. The summed E-state index contributed by atoms with van der Waals surface area (Å²) in [6.07, 6.45) is -0.563. The van der Waals surface area contributed by atoms with Crippen LogP contribution >= 0.6 is 0 Å². The molecule has 2 aromatic rings. The van der Waals surface area contributed by atoms with Gasteiger partial charge in [-0.05, 0) is 42.8 Å². The molecule has 142 valence electrons. The molecule has 0 aromatic heterocycles. The lowest BCUT2D eigenvalue weighted by atomic mass is 10.2. The number of ether oxygens (including phenoxy) is 3. The molecule has 0 saturated carbocycles. The molecule has 0 aliphatic carbocycles. The highest BCUT2D eigenvalue weighted by atomic mass is 16.7. The van der Waals surface area contributed by atoms with Crippen molar-refractivity contribution in [3.8, 4) is 11.5 Å². The van der Waals surface area contributed by atoms with E-state index in [9.17, 15) is 9.59 Å². The summed E-state index contributed by atoms with van der Waals surface area (Å²) < 4.78 is 15.5. The maximum Gasteiger partial charge on any atom is 0.319 e. The molecule has 1 aliphatic heterocycles. The molecule has 3 amide bonds. The molecule has 1 heterocycles. The van der Waals surface area contributed by atoms with E-state index in [1.807, 2.05) is 18.2 Å². The second kappa shape index (κ2) is 8.41. The predicted molar refractivity (Wildman–Crippen MR) is 100.0 cm³/mol. The molecule has 2 aromatic carbocycles. The van der Waals surface area contributed by atoms with Gasteiger partial charge in [0.1, 0.15) is 6.10 Å². The van der Waals surface area contributed by atoms with Crippen molar-refractivity contribution in [1.29, 1.82) is 0 Å². The highest BCUT2D eigenvalue weighted by Gasteiger charge is 2.14. The smallest absolute Gasteiger partial charge is 0.319 e. The predicted octanol–water partition coefficient (Wildman–Crippen LogP) is 2.71. The van der Waals surface area contributed by atoms with Crippen molar-refractivity contribution in [3.05, 3.63) is 48.0 Å². The highest BCUT2D eigenvalue weighted by Crippen LogP contribution is 2.32. The first-order valence-corrected chi connectivity index (χ1v) is 8.42. The van der Waals surface area contributed by atoms with Gasteiger partial charge in [0, 0.05) is 25.0 Å². The number of urea groups is 1. The van der Waals surface area contributed by atoms with Crippen molar-refractivity contribution < 1.29 is 23.8 Å². The van der Waals surface area contributed by atoms with Crippen molar-refractivity contribution in [3.63, 3.8) is 0 Å². The van der Waals surface area contributed by atoms with E-state index >= 15 is 0 Å². The minimum Gasteiger partial charge on any atom is -0.454 e. The van der Waals surface area contributed by atoms with Gasteiger partial charge in [0.25, 0.3) is 5.91 Å². The van der Waals surface area contributed by atoms with E-state index in [1.165, 1.54) is 7.11 Å². The zero-order valence-electron chi connectivity index (χ0n) is 15.1.